The standard InChI is InChI=1S/C10H17N3/c1-4-13(3)10-5-8(2)12-7-9(10)6-11/h5,7H,4,6,11H2,1-3H3. The van der Waals surface area contributed by atoms with E-state index in [4.69, 9.17) is 5.73 Å². The van der Waals surface area contributed by atoms with Crippen molar-refractivity contribution in [1.82, 2.24) is 4.98 Å². The van der Waals surface area contributed by atoms with E-state index in [1.54, 1.807) is 0 Å². The van der Waals surface area contributed by atoms with E-state index in [2.05, 4.69) is 29.9 Å². The summed E-state index contributed by atoms with van der Waals surface area (Å²) in [7, 11) is 2.06. The van der Waals surface area contributed by atoms with Crippen LogP contribution in [0.2, 0.25) is 0 Å². The Morgan fingerprint density at radius 1 is 1.54 bits per heavy atom. The van der Waals surface area contributed by atoms with Gasteiger partial charge in [-0.3, -0.25) is 4.98 Å². The summed E-state index contributed by atoms with van der Waals surface area (Å²) in [4.78, 5) is 6.40. The van der Waals surface area contributed by atoms with Crippen LogP contribution < -0.4 is 10.6 Å². The van der Waals surface area contributed by atoms with E-state index in [9.17, 15) is 0 Å². The van der Waals surface area contributed by atoms with Crippen molar-refractivity contribution in [2.24, 2.45) is 5.73 Å². The zero-order chi connectivity index (χ0) is 9.84. The summed E-state index contributed by atoms with van der Waals surface area (Å²) in [6.07, 6.45) is 1.86. The molecule has 0 amide bonds. The second kappa shape index (κ2) is 4.23. The Bertz CT molecular complexity index is 283. The number of nitrogens with two attached hydrogens (primary N) is 1. The van der Waals surface area contributed by atoms with Crippen LogP contribution in [0.15, 0.2) is 12.3 Å². The molecule has 0 aromatic carbocycles. The van der Waals surface area contributed by atoms with Crippen LogP contribution in [0.3, 0.4) is 0 Å². The van der Waals surface area contributed by atoms with Crippen molar-refractivity contribution in [1.29, 1.82) is 0 Å². The van der Waals surface area contributed by atoms with E-state index >= 15 is 0 Å². The number of hydrogen-bond acceptors (Lipinski definition) is 3. The average Bonchev–Trinajstić information content (AvgIpc) is 2.16. The first kappa shape index (κ1) is 9.99. The molecule has 0 fully saturated rings. The zero-order valence-electron chi connectivity index (χ0n) is 8.54. The first-order chi connectivity index (χ1) is 6.19. The Labute approximate surface area is 79.6 Å². The Morgan fingerprint density at radius 3 is 2.77 bits per heavy atom. The van der Waals surface area contributed by atoms with E-state index < -0.39 is 0 Å². The predicted molar refractivity (Wildman–Crippen MR) is 55.8 cm³/mol. The third-order valence-electron chi connectivity index (χ3n) is 2.20. The maximum atomic E-state index is 5.63. The van der Waals surface area contributed by atoms with Gasteiger partial charge in [-0.15, -0.1) is 0 Å². The van der Waals surface area contributed by atoms with Crippen LogP contribution in [0, 0.1) is 6.92 Å². The molecule has 0 spiro atoms. The molecule has 0 aliphatic heterocycles. The fourth-order valence-electron chi connectivity index (χ4n) is 1.26. The van der Waals surface area contributed by atoms with E-state index in [-0.39, 0.29) is 0 Å². The monoisotopic (exact) mass is 179 g/mol. The lowest BCUT2D eigenvalue weighted by Crippen LogP contribution is -2.19. The molecule has 72 valence electrons. The van der Waals surface area contributed by atoms with Gasteiger partial charge in [0.2, 0.25) is 0 Å². The lowest BCUT2D eigenvalue weighted by atomic mass is 10.2. The molecule has 0 unspecified atom stereocenters. The van der Waals surface area contributed by atoms with Crippen molar-refractivity contribution in [3.8, 4) is 0 Å². The maximum Gasteiger partial charge on any atom is 0.0442 e. The quantitative estimate of drug-likeness (QED) is 0.760. The highest BCUT2D eigenvalue weighted by atomic mass is 15.1. The summed E-state index contributed by atoms with van der Waals surface area (Å²) >= 11 is 0. The number of aromatic nitrogens is 1. The molecule has 0 bridgehead atoms. The van der Waals surface area contributed by atoms with Crippen molar-refractivity contribution < 1.29 is 0 Å². The number of aryl methyl sites for hydroxylation is 1. The van der Waals surface area contributed by atoms with E-state index in [1.807, 2.05) is 13.1 Å². The van der Waals surface area contributed by atoms with E-state index in [1.165, 1.54) is 5.69 Å². The molecule has 1 heterocycles. The van der Waals surface area contributed by atoms with Gasteiger partial charge in [-0.05, 0) is 19.9 Å². The van der Waals surface area contributed by atoms with Gasteiger partial charge < -0.3 is 10.6 Å². The van der Waals surface area contributed by atoms with Gasteiger partial charge in [-0.2, -0.15) is 0 Å². The van der Waals surface area contributed by atoms with Crippen LogP contribution >= 0.6 is 0 Å². The molecule has 0 saturated carbocycles. The summed E-state index contributed by atoms with van der Waals surface area (Å²) in [5.41, 5.74) is 8.96. The third-order valence-corrected chi connectivity index (χ3v) is 2.20. The zero-order valence-corrected chi connectivity index (χ0v) is 8.54. The second-order valence-electron chi connectivity index (χ2n) is 3.17. The van der Waals surface area contributed by atoms with Crippen LogP contribution in [0.1, 0.15) is 18.2 Å². The lowest BCUT2D eigenvalue weighted by Gasteiger charge is -2.20. The number of nitrogens with zero attached hydrogens (tertiary/aromatic N) is 2. The summed E-state index contributed by atoms with van der Waals surface area (Å²) in [6.45, 7) is 5.65. The van der Waals surface area contributed by atoms with Crippen LogP contribution in [0.4, 0.5) is 5.69 Å². The first-order valence-corrected chi connectivity index (χ1v) is 4.55. The van der Waals surface area contributed by atoms with E-state index in [0.29, 0.717) is 6.54 Å². The molecular formula is C10H17N3. The SMILES string of the molecule is CCN(C)c1cc(C)ncc1CN. The molecule has 3 nitrogen and oxygen atoms in total. The molecule has 0 aliphatic carbocycles. The second-order valence-corrected chi connectivity index (χ2v) is 3.17. The molecule has 3 heteroatoms. The molecule has 0 atom stereocenters. The van der Waals surface area contributed by atoms with Gasteiger partial charge in [0, 0.05) is 43.3 Å². The highest BCUT2D eigenvalue weighted by Gasteiger charge is 2.05. The number of rotatable bonds is 3. The van der Waals surface area contributed by atoms with Crippen molar-refractivity contribution >= 4 is 5.69 Å². The predicted octanol–water partition coefficient (Wildman–Crippen LogP) is 1.30. The minimum absolute atomic E-state index is 0.549. The van der Waals surface area contributed by atoms with Gasteiger partial charge >= 0.3 is 0 Å². The number of pyridine rings is 1. The van der Waals surface area contributed by atoms with E-state index in [0.717, 1.165) is 17.8 Å². The first-order valence-electron chi connectivity index (χ1n) is 4.55. The topological polar surface area (TPSA) is 42.2 Å². The fraction of sp³-hybridized carbons (Fsp3) is 0.500. The summed E-state index contributed by atoms with van der Waals surface area (Å²) in [5.74, 6) is 0. The van der Waals surface area contributed by atoms with Gasteiger partial charge in [0.1, 0.15) is 0 Å². The number of hydrogen-bond donors (Lipinski definition) is 1. The van der Waals surface area contributed by atoms with Gasteiger partial charge in [0.15, 0.2) is 0 Å². The van der Waals surface area contributed by atoms with Gasteiger partial charge in [0.05, 0.1) is 0 Å². The van der Waals surface area contributed by atoms with Crippen molar-refractivity contribution in [3.05, 3.63) is 23.5 Å². The Hall–Kier alpha value is -1.09. The molecule has 0 saturated heterocycles. The molecule has 1 aromatic heterocycles. The molecule has 1 rings (SSSR count). The smallest absolute Gasteiger partial charge is 0.0442 e. The largest absolute Gasteiger partial charge is 0.375 e. The molecule has 13 heavy (non-hydrogen) atoms. The minimum Gasteiger partial charge on any atom is -0.375 e. The normalized spacial score (nSPS) is 10.2. The highest BCUT2D eigenvalue weighted by Crippen LogP contribution is 2.18. The Kier molecular flexibility index (Phi) is 3.25. The third kappa shape index (κ3) is 2.18. The van der Waals surface area contributed by atoms with Gasteiger partial charge in [-0.1, -0.05) is 0 Å². The average molecular weight is 179 g/mol. The maximum absolute atomic E-state index is 5.63. The van der Waals surface area contributed by atoms with Crippen LogP contribution in [0.5, 0.6) is 0 Å². The van der Waals surface area contributed by atoms with Crippen LogP contribution in [-0.4, -0.2) is 18.6 Å². The van der Waals surface area contributed by atoms with Crippen molar-refractivity contribution in [2.75, 3.05) is 18.5 Å². The Balaban J connectivity index is 3.07. The van der Waals surface area contributed by atoms with Crippen molar-refractivity contribution in [2.45, 2.75) is 20.4 Å². The van der Waals surface area contributed by atoms with Crippen LogP contribution in [0.25, 0.3) is 0 Å². The fourth-order valence-corrected chi connectivity index (χ4v) is 1.26. The van der Waals surface area contributed by atoms with Crippen LogP contribution in [-0.2, 0) is 6.54 Å². The molecule has 0 radical (unpaired) electrons. The summed E-state index contributed by atoms with van der Waals surface area (Å²) in [6, 6.07) is 2.08. The molecular weight excluding hydrogens is 162 g/mol. The summed E-state index contributed by atoms with van der Waals surface area (Å²) in [5, 5.41) is 0. The summed E-state index contributed by atoms with van der Waals surface area (Å²) < 4.78 is 0. The van der Waals surface area contributed by atoms with Crippen molar-refractivity contribution in [3.63, 3.8) is 0 Å². The number of anilines is 1. The lowest BCUT2D eigenvalue weighted by molar-refractivity contribution is 0.928. The van der Waals surface area contributed by atoms with Gasteiger partial charge in [0.25, 0.3) is 0 Å². The Morgan fingerprint density at radius 2 is 2.23 bits per heavy atom. The molecule has 0 aliphatic rings. The van der Waals surface area contributed by atoms with Gasteiger partial charge in [-0.25, -0.2) is 0 Å². The molecule has 1 aromatic rings. The minimum atomic E-state index is 0.549. The molecule has 2 N–H and O–H groups in total. The highest BCUT2D eigenvalue weighted by molar-refractivity contribution is 5.52.